The number of carbonyl (C=O) groups excluding carboxylic acids is 1. The summed E-state index contributed by atoms with van der Waals surface area (Å²) in [7, 11) is -3.58. The van der Waals surface area contributed by atoms with Crippen molar-refractivity contribution in [1.82, 2.24) is 9.80 Å². The van der Waals surface area contributed by atoms with Crippen LogP contribution < -0.4 is 0 Å². The first-order chi connectivity index (χ1) is 18.6. The zero-order valence-corrected chi connectivity index (χ0v) is 24.9. The second kappa shape index (κ2) is 12.5. The molecule has 0 bridgehead atoms. The molecule has 0 unspecified atom stereocenters. The van der Waals surface area contributed by atoms with Crippen LogP contribution >= 0.6 is 0 Å². The third kappa shape index (κ3) is 7.17. The Kier molecular flexibility index (Phi) is 9.29. The number of hydrogen-bond donors (Lipinski definition) is 0. The van der Waals surface area contributed by atoms with Crippen molar-refractivity contribution >= 4 is 15.7 Å². The van der Waals surface area contributed by atoms with Gasteiger partial charge in [0.25, 0.3) is 5.91 Å². The number of aryl methyl sites for hydroxylation is 5. The van der Waals surface area contributed by atoms with E-state index in [-0.39, 0.29) is 16.6 Å². The number of piperazine rings is 1. The lowest BCUT2D eigenvalue weighted by molar-refractivity contribution is 0.0627. The molecule has 0 N–H and O–H groups in total. The van der Waals surface area contributed by atoms with Crippen molar-refractivity contribution in [3.63, 3.8) is 0 Å². The van der Waals surface area contributed by atoms with Crippen LogP contribution in [0.3, 0.4) is 0 Å². The highest BCUT2D eigenvalue weighted by Crippen LogP contribution is 2.23. The highest BCUT2D eigenvalue weighted by atomic mass is 32.2. The van der Waals surface area contributed by atoms with E-state index in [1.807, 2.05) is 36.1 Å². The van der Waals surface area contributed by atoms with Crippen LogP contribution in [0.4, 0.5) is 0 Å². The number of unbranched alkanes of at least 4 members (excludes halogenated alkanes) is 1. The first-order valence-corrected chi connectivity index (χ1v) is 15.7. The summed E-state index contributed by atoms with van der Waals surface area (Å²) in [6, 6.07) is 17.3. The molecule has 0 spiro atoms. The highest BCUT2D eigenvalue weighted by molar-refractivity contribution is 7.90. The van der Waals surface area contributed by atoms with Crippen molar-refractivity contribution in [3.8, 4) is 0 Å². The van der Waals surface area contributed by atoms with E-state index in [0.717, 1.165) is 50.0 Å². The van der Waals surface area contributed by atoms with E-state index in [2.05, 4.69) is 44.7 Å². The third-order valence-corrected chi connectivity index (χ3v) is 9.69. The van der Waals surface area contributed by atoms with Crippen molar-refractivity contribution in [3.05, 3.63) is 99.1 Å². The molecule has 1 aliphatic rings. The minimum absolute atomic E-state index is 0.0751. The SMILES string of the molecule is CCCCc1ccc(CS(=O)(=O)c2ccc(C)c(C(=O)N3CCN(Cc4cc(C)c(C)cc4C)CC3)c2)cc1. The van der Waals surface area contributed by atoms with Crippen LogP contribution in [0.2, 0.25) is 0 Å². The van der Waals surface area contributed by atoms with Gasteiger partial charge in [-0.2, -0.15) is 0 Å². The van der Waals surface area contributed by atoms with Gasteiger partial charge in [-0.25, -0.2) is 8.42 Å². The molecule has 1 fully saturated rings. The van der Waals surface area contributed by atoms with E-state index < -0.39 is 9.84 Å². The standard InChI is InChI=1S/C33H42N2O3S/c1-6-7-8-28-10-12-29(13-11-28)23-39(37,38)31-14-9-24(2)32(21-31)33(36)35-17-15-34(16-18-35)22-30-20-26(4)25(3)19-27(30)5/h9-14,19-21H,6-8,15-18,22-23H2,1-5H3. The maximum atomic E-state index is 13.5. The molecule has 39 heavy (non-hydrogen) atoms. The number of sulfone groups is 1. The first-order valence-electron chi connectivity index (χ1n) is 14.1. The minimum atomic E-state index is -3.58. The summed E-state index contributed by atoms with van der Waals surface area (Å²) in [4.78, 5) is 17.9. The van der Waals surface area contributed by atoms with Gasteiger partial charge in [0, 0.05) is 38.3 Å². The van der Waals surface area contributed by atoms with Gasteiger partial charge in [0.1, 0.15) is 0 Å². The second-order valence-corrected chi connectivity index (χ2v) is 13.1. The number of benzene rings is 3. The quantitative estimate of drug-likeness (QED) is 0.321. The molecule has 208 valence electrons. The van der Waals surface area contributed by atoms with Gasteiger partial charge in [-0.05, 0) is 91.6 Å². The normalized spacial score (nSPS) is 14.5. The molecular formula is C33H42N2O3S. The Morgan fingerprint density at radius 2 is 1.41 bits per heavy atom. The van der Waals surface area contributed by atoms with Crippen LogP contribution in [0.15, 0.2) is 59.5 Å². The van der Waals surface area contributed by atoms with E-state index in [4.69, 9.17) is 0 Å². The molecule has 3 aromatic rings. The van der Waals surface area contributed by atoms with Crippen molar-refractivity contribution in [1.29, 1.82) is 0 Å². The topological polar surface area (TPSA) is 57.7 Å². The Bertz CT molecular complexity index is 1420. The highest BCUT2D eigenvalue weighted by Gasteiger charge is 2.25. The van der Waals surface area contributed by atoms with Crippen molar-refractivity contribution in [2.75, 3.05) is 26.2 Å². The van der Waals surface area contributed by atoms with Gasteiger partial charge in [-0.3, -0.25) is 9.69 Å². The fourth-order valence-electron chi connectivity index (χ4n) is 5.22. The molecular weight excluding hydrogens is 504 g/mol. The van der Waals surface area contributed by atoms with Gasteiger partial charge >= 0.3 is 0 Å². The van der Waals surface area contributed by atoms with Crippen molar-refractivity contribution in [2.24, 2.45) is 0 Å². The Labute approximate surface area is 234 Å². The number of carbonyl (C=O) groups is 1. The van der Waals surface area contributed by atoms with Gasteiger partial charge in [-0.15, -0.1) is 0 Å². The average Bonchev–Trinajstić information content (AvgIpc) is 2.91. The van der Waals surface area contributed by atoms with Crippen LogP contribution in [0.1, 0.15) is 69.1 Å². The lowest BCUT2D eigenvalue weighted by atomic mass is 10.0. The summed E-state index contributed by atoms with van der Waals surface area (Å²) in [5.74, 6) is -0.166. The fraction of sp³-hybridized carbons (Fsp3) is 0.424. The Hall–Kier alpha value is -2.96. The fourth-order valence-corrected chi connectivity index (χ4v) is 6.59. The molecule has 0 saturated carbocycles. The van der Waals surface area contributed by atoms with E-state index in [0.29, 0.717) is 18.7 Å². The molecule has 1 heterocycles. The van der Waals surface area contributed by atoms with Crippen molar-refractivity contribution in [2.45, 2.75) is 71.1 Å². The van der Waals surface area contributed by atoms with E-state index >= 15 is 0 Å². The lowest BCUT2D eigenvalue weighted by Gasteiger charge is -2.35. The molecule has 0 radical (unpaired) electrons. The smallest absolute Gasteiger partial charge is 0.254 e. The molecule has 0 atom stereocenters. The molecule has 4 rings (SSSR count). The molecule has 1 aliphatic heterocycles. The summed E-state index contributed by atoms with van der Waals surface area (Å²) >= 11 is 0. The predicted molar refractivity (Wildman–Crippen MR) is 159 cm³/mol. The molecule has 0 aromatic heterocycles. The first kappa shape index (κ1) is 29.0. The molecule has 0 aliphatic carbocycles. The summed E-state index contributed by atoms with van der Waals surface area (Å²) in [6.45, 7) is 14.2. The number of amides is 1. The summed E-state index contributed by atoms with van der Waals surface area (Å²) in [5.41, 5.74) is 8.52. The monoisotopic (exact) mass is 546 g/mol. The molecule has 3 aromatic carbocycles. The van der Waals surface area contributed by atoms with Gasteiger partial charge in [0.15, 0.2) is 9.84 Å². The van der Waals surface area contributed by atoms with Crippen LogP contribution in [-0.2, 0) is 28.6 Å². The molecule has 1 amide bonds. The molecule has 1 saturated heterocycles. The number of rotatable bonds is 9. The van der Waals surface area contributed by atoms with Crippen molar-refractivity contribution < 1.29 is 13.2 Å². The maximum absolute atomic E-state index is 13.5. The lowest BCUT2D eigenvalue weighted by Crippen LogP contribution is -2.48. The Morgan fingerprint density at radius 1 is 0.769 bits per heavy atom. The summed E-state index contributed by atoms with van der Waals surface area (Å²) < 4.78 is 26.6. The van der Waals surface area contributed by atoms with Gasteiger partial charge in [0.05, 0.1) is 10.6 Å². The van der Waals surface area contributed by atoms with Gasteiger partial charge in [0.2, 0.25) is 0 Å². The summed E-state index contributed by atoms with van der Waals surface area (Å²) in [5, 5.41) is 0. The zero-order valence-electron chi connectivity index (χ0n) is 24.1. The van der Waals surface area contributed by atoms with E-state index in [1.165, 1.54) is 27.8 Å². The maximum Gasteiger partial charge on any atom is 0.254 e. The molecule has 6 heteroatoms. The van der Waals surface area contributed by atoms with Crippen LogP contribution in [-0.4, -0.2) is 50.3 Å². The summed E-state index contributed by atoms with van der Waals surface area (Å²) in [6.07, 6.45) is 3.26. The van der Waals surface area contributed by atoms with Gasteiger partial charge < -0.3 is 4.90 Å². The van der Waals surface area contributed by atoms with Crippen LogP contribution in [0.5, 0.6) is 0 Å². The second-order valence-electron chi connectivity index (χ2n) is 11.1. The Morgan fingerprint density at radius 3 is 2.08 bits per heavy atom. The van der Waals surface area contributed by atoms with E-state index in [1.54, 1.807) is 18.2 Å². The van der Waals surface area contributed by atoms with Crippen LogP contribution in [0.25, 0.3) is 0 Å². The zero-order chi connectivity index (χ0) is 28.2. The number of hydrogen-bond acceptors (Lipinski definition) is 4. The number of nitrogens with zero attached hydrogens (tertiary/aromatic N) is 2. The molecule has 5 nitrogen and oxygen atoms in total. The third-order valence-electron chi connectivity index (χ3n) is 8.00. The average molecular weight is 547 g/mol. The predicted octanol–water partition coefficient (Wildman–Crippen LogP) is 6.19. The largest absolute Gasteiger partial charge is 0.336 e. The minimum Gasteiger partial charge on any atom is -0.336 e. The van der Waals surface area contributed by atoms with Crippen LogP contribution in [0, 0.1) is 27.7 Å². The van der Waals surface area contributed by atoms with E-state index in [9.17, 15) is 13.2 Å². The van der Waals surface area contributed by atoms with Gasteiger partial charge in [-0.1, -0.05) is 55.8 Å². The Balaban J connectivity index is 1.41.